The summed E-state index contributed by atoms with van der Waals surface area (Å²) >= 11 is 0. The van der Waals surface area contributed by atoms with Gasteiger partial charge in [0.1, 0.15) is 0 Å². The molecule has 1 aromatic heterocycles. The first-order chi connectivity index (χ1) is 8.66. The highest BCUT2D eigenvalue weighted by molar-refractivity contribution is 6.03. The zero-order valence-corrected chi connectivity index (χ0v) is 10.7. The van der Waals surface area contributed by atoms with E-state index >= 15 is 0 Å². The predicted octanol–water partition coefficient (Wildman–Crippen LogP) is 2.91. The van der Waals surface area contributed by atoms with Gasteiger partial charge < -0.3 is 0 Å². The summed E-state index contributed by atoms with van der Waals surface area (Å²) in [6.07, 6.45) is 2.49. The molecule has 1 aliphatic rings. The molecule has 0 amide bonds. The molecule has 1 heterocycles. The Morgan fingerprint density at radius 3 is 2.61 bits per heavy atom. The van der Waals surface area contributed by atoms with E-state index in [2.05, 4.69) is 36.3 Å². The van der Waals surface area contributed by atoms with Crippen LogP contribution in [0.3, 0.4) is 0 Å². The molecule has 3 heteroatoms. The Kier molecular flexibility index (Phi) is 2.54. The number of nitrogens with zero attached hydrogens (tertiary/aromatic N) is 2. The van der Waals surface area contributed by atoms with Gasteiger partial charge in [0, 0.05) is 19.0 Å². The summed E-state index contributed by atoms with van der Waals surface area (Å²) in [6.45, 7) is 2.06. The van der Waals surface area contributed by atoms with Gasteiger partial charge in [-0.1, -0.05) is 29.8 Å². The Labute approximate surface area is 106 Å². The summed E-state index contributed by atoms with van der Waals surface area (Å²) in [6, 6.07) is 8.27. The van der Waals surface area contributed by atoms with Crippen LogP contribution in [0.25, 0.3) is 11.3 Å². The maximum Gasteiger partial charge on any atom is 0.166 e. The number of benzene rings is 1. The van der Waals surface area contributed by atoms with Crippen LogP contribution in [0.5, 0.6) is 0 Å². The molecule has 0 saturated heterocycles. The van der Waals surface area contributed by atoms with Crippen LogP contribution in [0, 0.1) is 6.92 Å². The lowest BCUT2D eigenvalue weighted by atomic mass is 9.92. The molecule has 0 N–H and O–H groups in total. The number of aryl methyl sites for hydroxylation is 3. The SMILES string of the molecule is Cc1ccc(-c2c3c(nn2C)CCCC3=O)cc1. The van der Waals surface area contributed by atoms with E-state index in [-0.39, 0.29) is 5.78 Å². The molecule has 0 saturated carbocycles. The van der Waals surface area contributed by atoms with Crippen molar-refractivity contribution in [1.29, 1.82) is 0 Å². The highest BCUT2D eigenvalue weighted by Crippen LogP contribution is 2.31. The van der Waals surface area contributed by atoms with E-state index in [1.807, 2.05) is 11.7 Å². The third-order valence-corrected chi connectivity index (χ3v) is 3.54. The van der Waals surface area contributed by atoms with Gasteiger partial charge >= 0.3 is 0 Å². The van der Waals surface area contributed by atoms with Gasteiger partial charge in [-0.05, 0) is 19.8 Å². The Hall–Kier alpha value is -1.90. The number of fused-ring (bicyclic) bond motifs is 1. The largest absolute Gasteiger partial charge is 0.294 e. The predicted molar refractivity (Wildman–Crippen MR) is 70.6 cm³/mol. The van der Waals surface area contributed by atoms with Crippen LogP contribution >= 0.6 is 0 Å². The van der Waals surface area contributed by atoms with Crippen molar-refractivity contribution in [3.8, 4) is 11.3 Å². The summed E-state index contributed by atoms with van der Waals surface area (Å²) in [7, 11) is 1.92. The van der Waals surface area contributed by atoms with E-state index < -0.39 is 0 Å². The summed E-state index contributed by atoms with van der Waals surface area (Å²) in [4.78, 5) is 12.1. The van der Waals surface area contributed by atoms with Gasteiger partial charge in [-0.25, -0.2) is 0 Å². The fraction of sp³-hybridized carbons (Fsp3) is 0.333. The zero-order valence-electron chi connectivity index (χ0n) is 10.7. The van der Waals surface area contributed by atoms with Crippen LogP contribution < -0.4 is 0 Å². The Balaban J connectivity index is 2.20. The van der Waals surface area contributed by atoms with Crippen molar-refractivity contribution >= 4 is 5.78 Å². The monoisotopic (exact) mass is 240 g/mol. The lowest BCUT2D eigenvalue weighted by Crippen LogP contribution is -2.10. The second-order valence-corrected chi connectivity index (χ2v) is 4.94. The first-order valence-electron chi connectivity index (χ1n) is 6.33. The fourth-order valence-corrected chi connectivity index (χ4v) is 2.63. The summed E-state index contributed by atoms with van der Waals surface area (Å²) in [5, 5.41) is 4.50. The van der Waals surface area contributed by atoms with Crippen LogP contribution in [0.2, 0.25) is 0 Å². The number of rotatable bonds is 1. The third kappa shape index (κ3) is 1.67. The normalized spacial score (nSPS) is 14.7. The van der Waals surface area contributed by atoms with Crippen molar-refractivity contribution in [3.05, 3.63) is 41.1 Å². The van der Waals surface area contributed by atoms with Crippen LogP contribution in [-0.2, 0) is 13.5 Å². The highest BCUT2D eigenvalue weighted by Gasteiger charge is 2.26. The number of carbonyl (C=O) groups is 1. The molecular weight excluding hydrogens is 224 g/mol. The molecule has 0 aliphatic heterocycles. The fourth-order valence-electron chi connectivity index (χ4n) is 2.63. The quantitative estimate of drug-likeness (QED) is 0.768. The van der Waals surface area contributed by atoms with Gasteiger partial charge in [0.25, 0.3) is 0 Å². The summed E-state index contributed by atoms with van der Waals surface area (Å²) in [5.41, 5.74) is 5.07. The molecule has 92 valence electrons. The van der Waals surface area contributed by atoms with Gasteiger partial charge in [-0.15, -0.1) is 0 Å². The minimum absolute atomic E-state index is 0.236. The van der Waals surface area contributed by atoms with Gasteiger partial charge in [0.15, 0.2) is 5.78 Å². The molecule has 0 spiro atoms. The van der Waals surface area contributed by atoms with Crippen LogP contribution in [-0.4, -0.2) is 15.6 Å². The molecule has 2 aromatic rings. The number of ketones is 1. The van der Waals surface area contributed by atoms with E-state index in [4.69, 9.17) is 0 Å². The topological polar surface area (TPSA) is 34.9 Å². The third-order valence-electron chi connectivity index (χ3n) is 3.54. The molecule has 1 aromatic carbocycles. The molecule has 1 aliphatic carbocycles. The zero-order chi connectivity index (χ0) is 12.7. The standard InChI is InChI=1S/C15H16N2O/c1-10-6-8-11(9-7-10)15-14-12(16-17(15)2)4-3-5-13(14)18/h6-9H,3-5H2,1-2H3. The van der Waals surface area contributed by atoms with Crippen molar-refractivity contribution < 1.29 is 4.79 Å². The van der Waals surface area contributed by atoms with Crippen LogP contribution in [0.1, 0.15) is 34.5 Å². The van der Waals surface area contributed by atoms with Gasteiger partial charge in [-0.2, -0.15) is 5.10 Å². The second-order valence-electron chi connectivity index (χ2n) is 4.94. The Morgan fingerprint density at radius 1 is 1.17 bits per heavy atom. The highest BCUT2D eigenvalue weighted by atomic mass is 16.1. The Morgan fingerprint density at radius 2 is 1.89 bits per heavy atom. The van der Waals surface area contributed by atoms with Gasteiger partial charge in [-0.3, -0.25) is 9.48 Å². The smallest absolute Gasteiger partial charge is 0.166 e. The molecule has 0 radical (unpaired) electrons. The molecular formula is C15H16N2O. The summed E-state index contributed by atoms with van der Waals surface area (Å²) in [5.74, 6) is 0.236. The summed E-state index contributed by atoms with van der Waals surface area (Å²) < 4.78 is 1.85. The van der Waals surface area contributed by atoms with Crippen molar-refractivity contribution in [3.63, 3.8) is 0 Å². The van der Waals surface area contributed by atoms with E-state index in [9.17, 15) is 4.79 Å². The number of aromatic nitrogens is 2. The number of hydrogen-bond acceptors (Lipinski definition) is 2. The number of Topliss-reactive ketones (excluding diaryl/α,β-unsaturated/α-hetero) is 1. The van der Waals surface area contributed by atoms with E-state index in [1.54, 1.807) is 0 Å². The lowest BCUT2D eigenvalue weighted by molar-refractivity contribution is 0.0973. The van der Waals surface area contributed by atoms with Gasteiger partial charge in [0.05, 0.1) is 17.0 Å². The molecule has 0 unspecified atom stereocenters. The molecule has 18 heavy (non-hydrogen) atoms. The molecule has 3 nitrogen and oxygen atoms in total. The molecule has 0 bridgehead atoms. The number of carbonyl (C=O) groups excluding carboxylic acids is 1. The van der Waals surface area contributed by atoms with Crippen molar-refractivity contribution in [1.82, 2.24) is 9.78 Å². The lowest BCUT2D eigenvalue weighted by Gasteiger charge is -2.10. The average molecular weight is 240 g/mol. The second kappa shape index (κ2) is 4.09. The maximum absolute atomic E-state index is 12.1. The van der Waals surface area contributed by atoms with E-state index in [0.717, 1.165) is 35.4 Å². The molecule has 0 fully saturated rings. The van der Waals surface area contributed by atoms with Crippen LogP contribution in [0.4, 0.5) is 0 Å². The van der Waals surface area contributed by atoms with E-state index in [1.165, 1.54) is 5.56 Å². The first-order valence-corrected chi connectivity index (χ1v) is 6.33. The van der Waals surface area contributed by atoms with Crippen LogP contribution in [0.15, 0.2) is 24.3 Å². The molecule has 0 atom stereocenters. The van der Waals surface area contributed by atoms with Crippen molar-refractivity contribution in [2.45, 2.75) is 26.2 Å². The average Bonchev–Trinajstić information content (AvgIpc) is 2.68. The maximum atomic E-state index is 12.1. The Bertz CT molecular complexity index is 608. The van der Waals surface area contributed by atoms with Crippen molar-refractivity contribution in [2.24, 2.45) is 7.05 Å². The van der Waals surface area contributed by atoms with Crippen molar-refractivity contribution in [2.75, 3.05) is 0 Å². The minimum Gasteiger partial charge on any atom is -0.294 e. The number of hydrogen-bond donors (Lipinski definition) is 0. The first kappa shape index (κ1) is 11.2. The van der Waals surface area contributed by atoms with E-state index in [0.29, 0.717) is 6.42 Å². The molecule has 3 rings (SSSR count). The van der Waals surface area contributed by atoms with Gasteiger partial charge in [0.2, 0.25) is 0 Å². The minimum atomic E-state index is 0.236.